The predicted molar refractivity (Wildman–Crippen MR) is 70.2 cm³/mol. The number of benzene rings is 1. The average molecular weight is 270 g/mol. The van der Waals surface area contributed by atoms with Gasteiger partial charge in [0.25, 0.3) is 5.56 Å². The van der Waals surface area contributed by atoms with Crippen molar-refractivity contribution >= 4 is 17.1 Å². The highest BCUT2D eigenvalue weighted by atomic mass is 16.7. The Morgan fingerprint density at radius 1 is 1.25 bits per heavy atom. The van der Waals surface area contributed by atoms with Crippen LogP contribution in [0.25, 0.3) is 11.2 Å². The molecule has 0 aliphatic carbocycles. The highest BCUT2D eigenvalue weighted by molar-refractivity contribution is 5.90. The molecule has 3 rings (SSSR count). The summed E-state index contributed by atoms with van der Waals surface area (Å²) in [4.78, 5) is 38.8. The van der Waals surface area contributed by atoms with Crippen LogP contribution in [-0.4, -0.2) is 25.7 Å². The normalized spacial score (nSPS) is 10.7. The van der Waals surface area contributed by atoms with Gasteiger partial charge in [-0.05, 0) is 19.1 Å². The van der Waals surface area contributed by atoms with Gasteiger partial charge in [-0.25, -0.2) is 14.8 Å². The number of hydrogen-bond donors (Lipinski definition) is 1. The van der Waals surface area contributed by atoms with Crippen molar-refractivity contribution in [2.75, 3.05) is 0 Å². The van der Waals surface area contributed by atoms with Crippen LogP contribution in [0.3, 0.4) is 0 Å². The fourth-order valence-electron chi connectivity index (χ4n) is 1.72. The van der Waals surface area contributed by atoms with Crippen molar-refractivity contribution in [3.63, 3.8) is 0 Å². The zero-order valence-electron chi connectivity index (χ0n) is 10.5. The van der Waals surface area contributed by atoms with Crippen LogP contribution in [0.4, 0.5) is 0 Å². The molecule has 2 aromatic heterocycles. The molecule has 0 spiro atoms. The second kappa shape index (κ2) is 4.61. The smallest absolute Gasteiger partial charge is 0.328 e. The maximum Gasteiger partial charge on any atom is 0.363 e. The largest absolute Gasteiger partial charge is 0.363 e. The minimum Gasteiger partial charge on any atom is -0.328 e. The number of fused-ring (bicyclic) bond motifs is 1. The molecular formula is C13H10N4O3. The highest BCUT2D eigenvalue weighted by Gasteiger charge is 2.13. The molecule has 0 unspecified atom stereocenters. The third-order valence-electron chi connectivity index (χ3n) is 2.78. The van der Waals surface area contributed by atoms with Crippen LogP contribution >= 0.6 is 0 Å². The van der Waals surface area contributed by atoms with Crippen LogP contribution < -0.4 is 10.4 Å². The molecule has 0 atom stereocenters. The Hall–Kier alpha value is -2.96. The zero-order chi connectivity index (χ0) is 14.1. The molecule has 0 amide bonds. The quantitative estimate of drug-likeness (QED) is 0.740. The van der Waals surface area contributed by atoms with Crippen LogP contribution in [0.15, 0.2) is 41.7 Å². The van der Waals surface area contributed by atoms with Gasteiger partial charge in [-0.3, -0.25) is 4.79 Å². The first kappa shape index (κ1) is 12.1. The number of carbonyl (C=O) groups excluding carboxylic acids is 1. The molecule has 1 aromatic carbocycles. The van der Waals surface area contributed by atoms with Gasteiger partial charge in [0, 0.05) is 0 Å². The van der Waals surface area contributed by atoms with E-state index in [9.17, 15) is 9.59 Å². The zero-order valence-corrected chi connectivity index (χ0v) is 10.5. The number of rotatable bonds is 2. The van der Waals surface area contributed by atoms with E-state index in [0.29, 0.717) is 5.56 Å². The van der Waals surface area contributed by atoms with Gasteiger partial charge in [0.05, 0.1) is 11.9 Å². The second-order valence-corrected chi connectivity index (χ2v) is 4.22. The van der Waals surface area contributed by atoms with Gasteiger partial charge in [0.15, 0.2) is 5.52 Å². The molecule has 100 valence electrons. The lowest BCUT2D eigenvalue weighted by Crippen LogP contribution is -2.20. The summed E-state index contributed by atoms with van der Waals surface area (Å²) in [5.41, 5.74) is 1.36. The molecule has 0 radical (unpaired) electrons. The summed E-state index contributed by atoms with van der Waals surface area (Å²) in [5.74, 6) is -0.550. The topological polar surface area (TPSA) is 89.9 Å². The number of hydrogen-bond acceptors (Lipinski definition) is 5. The van der Waals surface area contributed by atoms with Crippen LogP contribution in [0.5, 0.6) is 0 Å². The summed E-state index contributed by atoms with van der Waals surface area (Å²) in [6, 6.07) is 6.95. The Morgan fingerprint density at radius 2 is 2.00 bits per heavy atom. The lowest BCUT2D eigenvalue weighted by molar-refractivity contribution is 0.0477. The Morgan fingerprint density at radius 3 is 2.75 bits per heavy atom. The maximum absolute atomic E-state index is 12.0. The van der Waals surface area contributed by atoms with Crippen molar-refractivity contribution in [2.24, 2.45) is 0 Å². The number of imidazole rings is 1. The number of H-pyrrole nitrogens is 1. The Bertz CT molecular complexity index is 833. The van der Waals surface area contributed by atoms with Gasteiger partial charge in [0.2, 0.25) is 5.65 Å². The lowest BCUT2D eigenvalue weighted by Gasteiger charge is -2.04. The van der Waals surface area contributed by atoms with Crippen molar-refractivity contribution in [3.05, 3.63) is 58.4 Å². The van der Waals surface area contributed by atoms with Crippen LogP contribution in [0, 0.1) is 6.92 Å². The van der Waals surface area contributed by atoms with E-state index in [2.05, 4.69) is 15.0 Å². The Labute approximate surface area is 112 Å². The van der Waals surface area contributed by atoms with Gasteiger partial charge in [-0.2, -0.15) is 0 Å². The highest BCUT2D eigenvalue weighted by Crippen LogP contribution is 2.06. The summed E-state index contributed by atoms with van der Waals surface area (Å²) in [6.07, 6.45) is 2.46. The predicted octanol–water partition coefficient (Wildman–Crippen LogP) is 0.697. The molecule has 3 aromatic rings. The number of aromatic amines is 1. The Balaban J connectivity index is 1.93. The summed E-state index contributed by atoms with van der Waals surface area (Å²) < 4.78 is 1.08. The van der Waals surface area contributed by atoms with Crippen molar-refractivity contribution < 1.29 is 9.63 Å². The molecule has 7 heteroatoms. The van der Waals surface area contributed by atoms with E-state index in [4.69, 9.17) is 4.84 Å². The first-order chi connectivity index (χ1) is 9.65. The fraction of sp³-hybridized carbons (Fsp3) is 0.0769. The van der Waals surface area contributed by atoms with Crippen LogP contribution in [0.2, 0.25) is 0 Å². The van der Waals surface area contributed by atoms with Crippen molar-refractivity contribution in [1.82, 2.24) is 19.7 Å². The van der Waals surface area contributed by atoms with Crippen molar-refractivity contribution in [1.29, 1.82) is 0 Å². The molecule has 0 saturated heterocycles. The van der Waals surface area contributed by atoms with Gasteiger partial charge in [-0.15, -0.1) is 4.73 Å². The van der Waals surface area contributed by atoms with E-state index < -0.39 is 5.97 Å². The molecule has 7 nitrogen and oxygen atoms in total. The van der Waals surface area contributed by atoms with E-state index >= 15 is 0 Å². The maximum atomic E-state index is 12.0. The molecule has 1 N–H and O–H groups in total. The Kier molecular flexibility index (Phi) is 2.79. The number of aromatic nitrogens is 4. The molecule has 0 bridgehead atoms. The first-order valence-corrected chi connectivity index (χ1v) is 5.85. The monoisotopic (exact) mass is 270 g/mol. The first-order valence-electron chi connectivity index (χ1n) is 5.85. The third-order valence-corrected chi connectivity index (χ3v) is 2.78. The second-order valence-electron chi connectivity index (χ2n) is 4.22. The fourth-order valence-corrected chi connectivity index (χ4v) is 1.72. The number of aryl methyl sites for hydroxylation is 1. The molecule has 20 heavy (non-hydrogen) atoms. The summed E-state index contributed by atoms with van der Waals surface area (Å²) >= 11 is 0. The molecule has 0 saturated carbocycles. The number of nitrogens with zero attached hydrogens (tertiary/aromatic N) is 3. The van der Waals surface area contributed by atoms with Crippen LogP contribution in [0.1, 0.15) is 15.9 Å². The van der Waals surface area contributed by atoms with E-state index in [1.165, 1.54) is 12.7 Å². The number of nitrogens with one attached hydrogen (secondary N) is 1. The minimum atomic E-state index is -0.550. The van der Waals surface area contributed by atoms with Gasteiger partial charge in [-0.1, -0.05) is 17.7 Å². The lowest BCUT2D eigenvalue weighted by atomic mass is 10.2. The van der Waals surface area contributed by atoms with Gasteiger partial charge >= 0.3 is 5.97 Å². The number of carbonyl (C=O) groups is 1. The SMILES string of the molecule is Cc1ccc(C(=O)On2cnc3c(=O)[nH]cnc32)cc1. The summed E-state index contributed by atoms with van der Waals surface area (Å²) in [5, 5.41) is 0. The average Bonchev–Trinajstić information content (AvgIpc) is 2.84. The van der Waals surface area contributed by atoms with E-state index in [1.54, 1.807) is 12.1 Å². The van der Waals surface area contributed by atoms with Crippen molar-refractivity contribution in [2.45, 2.75) is 6.92 Å². The molecule has 0 fully saturated rings. The summed E-state index contributed by atoms with van der Waals surface area (Å²) in [6.45, 7) is 1.93. The van der Waals surface area contributed by atoms with E-state index in [1.807, 2.05) is 19.1 Å². The van der Waals surface area contributed by atoms with E-state index in [0.717, 1.165) is 10.3 Å². The van der Waals surface area contributed by atoms with Crippen LogP contribution in [-0.2, 0) is 0 Å². The molecule has 0 aliphatic heterocycles. The van der Waals surface area contributed by atoms with Gasteiger partial charge < -0.3 is 9.82 Å². The van der Waals surface area contributed by atoms with E-state index in [-0.39, 0.29) is 16.7 Å². The standard InChI is InChI=1S/C13H10N4O3/c1-8-2-4-9(5-3-8)13(19)20-17-7-16-10-11(17)14-6-15-12(10)18/h2-7H,1H3,(H,14,15,18). The van der Waals surface area contributed by atoms with Gasteiger partial charge in [0.1, 0.15) is 6.33 Å². The minimum absolute atomic E-state index is 0.115. The third kappa shape index (κ3) is 2.05. The molecular weight excluding hydrogens is 260 g/mol. The van der Waals surface area contributed by atoms with Crippen molar-refractivity contribution in [3.8, 4) is 0 Å². The molecule has 0 aliphatic rings. The summed E-state index contributed by atoms with van der Waals surface area (Å²) in [7, 11) is 0. The molecule has 2 heterocycles.